The van der Waals surface area contributed by atoms with Crippen LogP contribution in [0.3, 0.4) is 0 Å². The van der Waals surface area contributed by atoms with Crippen LogP contribution >= 0.6 is 23.2 Å². The minimum Gasteiger partial charge on any atom is -0.375 e. The van der Waals surface area contributed by atoms with Gasteiger partial charge in [0.05, 0.1) is 40.5 Å². The van der Waals surface area contributed by atoms with Crippen molar-refractivity contribution in [1.29, 1.82) is 5.26 Å². The van der Waals surface area contributed by atoms with Crippen LogP contribution in [0, 0.1) is 17.1 Å². The Balaban J connectivity index is 1.63. The molecule has 0 radical (unpaired) electrons. The number of alkyl halides is 4. The van der Waals surface area contributed by atoms with E-state index in [-0.39, 0.29) is 42.1 Å². The van der Waals surface area contributed by atoms with Gasteiger partial charge in [-0.3, -0.25) is 4.79 Å². The monoisotopic (exact) mass is 547 g/mol. The first-order chi connectivity index (χ1) is 16.8. The number of halogens is 7. The van der Waals surface area contributed by atoms with E-state index in [0.717, 1.165) is 12.1 Å². The zero-order chi connectivity index (χ0) is 26.5. The molecule has 1 unspecified atom stereocenters. The number of methoxy groups -OCH3 is 1. The van der Waals surface area contributed by atoms with Crippen molar-refractivity contribution in [3.63, 3.8) is 0 Å². The van der Waals surface area contributed by atoms with Gasteiger partial charge >= 0.3 is 6.18 Å². The summed E-state index contributed by atoms with van der Waals surface area (Å²) in [7, 11) is 1.33. The lowest BCUT2D eigenvalue weighted by molar-refractivity contribution is -0.275. The SMILES string of the molecule is COCC(=O)N1CC(F)(c2ccc(C3=NOC(c4cc(Cl)c(F)c(Cl)c4)(C(F)(F)F)C3)cc2C#N)C1. The van der Waals surface area contributed by atoms with Crippen molar-refractivity contribution < 1.29 is 36.3 Å². The smallest absolute Gasteiger partial charge is 0.375 e. The molecule has 13 heteroatoms. The van der Waals surface area contributed by atoms with E-state index in [1.165, 1.54) is 30.2 Å². The number of likely N-dealkylation sites (tertiary alicyclic amines) is 1. The number of nitrogens with zero attached hydrogens (tertiary/aromatic N) is 3. The van der Waals surface area contributed by atoms with Gasteiger partial charge in [-0.15, -0.1) is 0 Å². The second-order valence-corrected chi connectivity index (χ2v) is 9.22. The van der Waals surface area contributed by atoms with Crippen LogP contribution in [-0.4, -0.2) is 49.5 Å². The minimum atomic E-state index is -5.01. The Morgan fingerprint density at radius 1 is 1.25 bits per heavy atom. The summed E-state index contributed by atoms with van der Waals surface area (Å²) in [6.07, 6.45) is -5.84. The zero-order valence-electron chi connectivity index (χ0n) is 18.4. The fourth-order valence-electron chi connectivity index (χ4n) is 4.17. The van der Waals surface area contributed by atoms with Crippen molar-refractivity contribution in [3.05, 3.63) is 68.4 Å². The molecular weight excluding hydrogens is 532 g/mol. The normalized spacial score (nSPS) is 20.9. The molecule has 190 valence electrons. The Morgan fingerprint density at radius 2 is 1.89 bits per heavy atom. The number of ether oxygens (including phenoxy) is 1. The molecule has 0 aliphatic carbocycles. The number of hydrogen-bond donors (Lipinski definition) is 0. The maximum Gasteiger partial charge on any atom is 0.435 e. The third-order valence-electron chi connectivity index (χ3n) is 6.10. The summed E-state index contributed by atoms with van der Waals surface area (Å²) in [5.41, 5.74) is -5.78. The average molecular weight is 548 g/mol. The molecule has 1 saturated heterocycles. The van der Waals surface area contributed by atoms with E-state index in [2.05, 4.69) is 5.16 Å². The highest BCUT2D eigenvalue weighted by molar-refractivity contribution is 6.35. The molecule has 4 rings (SSSR count). The fraction of sp³-hybridized carbons (Fsp3) is 0.348. The highest BCUT2D eigenvalue weighted by Crippen LogP contribution is 2.50. The molecule has 2 aliphatic heterocycles. The quantitative estimate of drug-likeness (QED) is 0.379. The molecule has 0 spiro atoms. The molecule has 2 aromatic carbocycles. The van der Waals surface area contributed by atoms with Crippen LogP contribution in [0.2, 0.25) is 10.0 Å². The van der Waals surface area contributed by atoms with Crippen LogP contribution in [0.5, 0.6) is 0 Å². The highest BCUT2D eigenvalue weighted by Gasteiger charge is 2.62. The first kappa shape index (κ1) is 26.1. The molecular formula is C23H16Cl2F5N3O3. The summed E-state index contributed by atoms with van der Waals surface area (Å²) < 4.78 is 76.6. The van der Waals surface area contributed by atoms with E-state index in [9.17, 15) is 27.6 Å². The lowest BCUT2D eigenvalue weighted by Crippen LogP contribution is -2.59. The largest absolute Gasteiger partial charge is 0.435 e. The number of oxime groups is 1. The second kappa shape index (κ2) is 9.18. The molecule has 1 atom stereocenters. The molecule has 0 aromatic heterocycles. The number of nitriles is 1. The van der Waals surface area contributed by atoms with Crippen LogP contribution in [0.4, 0.5) is 22.0 Å². The van der Waals surface area contributed by atoms with Crippen LogP contribution in [0.15, 0.2) is 35.5 Å². The average Bonchev–Trinajstić information content (AvgIpc) is 3.27. The van der Waals surface area contributed by atoms with Crippen molar-refractivity contribution in [2.24, 2.45) is 5.16 Å². The summed E-state index contributed by atoms with van der Waals surface area (Å²) >= 11 is 11.4. The van der Waals surface area contributed by atoms with Crippen molar-refractivity contribution in [2.45, 2.75) is 23.9 Å². The Kier molecular flexibility index (Phi) is 6.66. The first-order valence-corrected chi connectivity index (χ1v) is 11.1. The highest BCUT2D eigenvalue weighted by atomic mass is 35.5. The Morgan fingerprint density at radius 3 is 2.44 bits per heavy atom. The summed E-state index contributed by atoms with van der Waals surface area (Å²) in [6.45, 7) is -0.807. The number of benzene rings is 2. The summed E-state index contributed by atoms with van der Waals surface area (Å²) in [5.74, 6) is -1.49. The maximum absolute atomic E-state index is 15.4. The molecule has 2 heterocycles. The van der Waals surface area contributed by atoms with E-state index in [1.807, 2.05) is 6.07 Å². The van der Waals surface area contributed by atoms with E-state index < -0.39 is 51.2 Å². The van der Waals surface area contributed by atoms with Gasteiger partial charge in [0.2, 0.25) is 5.91 Å². The van der Waals surface area contributed by atoms with Crippen LogP contribution in [-0.2, 0) is 25.6 Å². The van der Waals surface area contributed by atoms with Gasteiger partial charge in [0, 0.05) is 30.2 Å². The van der Waals surface area contributed by atoms with Gasteiger partial charge in [-0.2, -0.15) is 18.4 Å². The number of carbonyl (C=O) groups is 1. The van der Waals surface area contributed by atoms with Crippen molar-refractivity contribution in [1.82, 2.24) is 4.90 Å². The third-order valence-corrected chi connectivity index (χ3v) is 6.65. The lowest BCUT2D eigenvalue weighted by Gasteiger charge is -2.44. The predicted molar refractivity (Wildman–Crippen MR) is 119 cm³/mol. The number of amides is 1. The number of carbonyl (C=O) groups excluding carboxylic acids is 1. The maximum atomic E-state index is 15.4. The van der Waals surface area contributed by atoms with Gasteiger partial charge in [0.25, 0.3) is 5.60 Å². The van der Waals surface area contributed by atoms with Crippen LogP contribution in [0.1, 0.15) is 28.7 Å². The van der Waals surface area contributed by atoms with Crippen LogP contribution < -0.4 is 0 Å². The molecule has 6 nitrogen and oxygen atoms in total. The third kappa shape index (κ3) is 4.27. The van der Waals surface area contributed by atoms with Gasteiger partial charge in [0.1, 0.15) is 6.61 Å². The first-order valence-electron chi connectivity index (χ1n) is 10.3. The Bertz CT molecular complexity index is 1280. The molecule has 1 amide bonds. The van der Waals surface area contributed by atoms with Gasteiger partial charge in [-0.25, -0.2) is 8.78 Å². The molecule has 0 bridgehead atoms. The molecule has 0 saturated carbocycles. The van der Waals surface area contributed by atoms with Crippen molar-refractivity contribution in [2.75, 3.05) is 26.8 Å². The van der Waals surface area contributed by atoms with E-state index in [0.29, 0.717) is 0 Å². The van der Waals surface area contributed by atoms with Crippen molar-refractivity contribution >= 4 is 34.8 Å². The second-order valence-electron chi connectivity index (χ2n) is 8.40. The number of hydrogen-bond acceptors (Lipinski definition) is 5. The summed E-state index contributed by atoms with van der Waals surface area (Å²) in [6, 6.07) is 7.16. The van der Waals surface area contributed by atoms with Gasteiger partial charge in [-0.1, -0.05) is 40.5 Å². The van der Waals surface area contributed by atoms with Gasteiger partial charge in [-0.05, 0) is 18.2 Å². The van der Waals surface area contributed by atoms with Crippen LogP contribution in [0.25, 0.3) is 0 Å². The molecule has 36 heavy (non-hydrogen) atoms. The number of rotatable bonds is 5. The lowest BCUT2D eigenvalue weighted by atomic mass is 9.82. The Labute approximate surface area is 211 Å². The summed E-state index contributed by atoms with van der Waals surface area (Å²) in [4.78, 5) is 18.0. The van der Waals surface area contributed by atoms with E-state index in [1.54, 1.807) is 0 Å². The topological polar surface area (TPSA) is 74.9 Å². The zero-order valence-corrected chi connectivity index (χ0v) is 19.9. The summed E-state index contributed by atoms with van der Waals surface area (Å²) in [5, 5.41) is 11.9. The molecule has 0 N–H and O–H groups in total. The molecule has 2 aromatic rings. The molecule has 1 fully saturated rings. The molecule has 2 aliphatic rings. The van der Waals surface area contributed by atoms with E-state index in [4.69, 9.17) is 32.8 Å². The predicted octanol–water partition coefficient (Wildman–Crippen LogP) is 5.24. The standard InChI is InChI=1S/C23H16Cl2F5N3O3/c1-35-9-19(34)33-10-21(27,11-33)15-3-2-12(4-13(15)8-31)18-7-22(36-32-18,23(28,29)30)14-5-16(24)20(26)17(25)6-14/h2-6H,7,9-11H2,1H3. The Hall–Kier alpha value is -2.94. The van der Waals surface area contributed by atoms with Crippen molar-refractivity contribution in [3.8, 4) is 6.07 Å². The van der Waals surface area contributed by atoms with Gasteiger partial charge < -0.3 is 14.5 Å². The van der Waals surface area contributed by atoms with E-state index >= 15 is 4.39 Å². The minimum absolute atomic E-state index is 0.00563. The fourth-order valence-corrected chi connectivity index (χ4v) is 4.66. The van der Waals surface area contributed by atoms with Gasteiger partial charge in [0.15, 0.2) is 11.5 Å².